The van der Waals surface area contributed by atoms with Crippen LogP contribution in [0, 0.1) is 0 Å². The molecule has 0 aliphatic heterocycles. The van der Waals surface area contributed by atoms with E-state index in [9.17, 15) is 9.59 Å². The van der Waals surface area contributed by atoms with E-state index in [0.717, 1.165) is 5.56 Å². The van der Waals surface area contributed by atoms with Crippen molar-refractivity contribution in [2.75, 3.05) is 0 Å². The zero-order valence-corrected chi connectivity index (χ0v) is 9.07. The summed E-state index contributed by atoms with van der Waals surface area (Å²) in [5, 5.41) is 11.1. The minimum atomic E-state index is -1.28. The number of amides is 2. The molecule has 16 heavy (non-hydrogen) atoms. The number of rotatable bonds is 4. The first kappa shape index (κ1) is 12.3. The number of benzene rings is 1. The minimum absolute atomic E-state index is 0.207. The molecule has 0 radical (unpaired) electrons. The Morgan fingerprint density at radius 1 is 1.38 bits per heavy atom. The molecule has 5 nitrogen and oxygen atoms in total. The van der Waals surface area contributed by atoms with Crippen LogP contribution in [0.15, 0.2) is 24.3 Å². The summed E-state index contributed by atoms with van der Waals surface area (Å²) in [6.07, 6.45) is -1.07. The van der Waals surface area contributed by atoms with E-state index in [0.29, 0.717) is 5.02 Å². The number of hydrogen-bond donors (Lipinski definition) is 3. The van der Waals surface area contributed by atoms with E-state index in [1.165, 1.54) is 0 Å². The van der Waals surface area contributed by atoms with Gasteiger partial charge in [-0.05, 0) is 17.7 Å². The Morgan fingerprint density at radius 3 is 2.38 bits per heavy atom. The predicted molar refractivity (Wildman–Crippen MR) is 59.3 cm³/mol. The van der Waals surface area contributed by atoms with Gasteiger partial charge in [-0.25, -0.2) is 4.79 Å². The maximum Gasteiger partial charge on any atom is 0.405 e. The lowest BCUT2D eigenvalue weighted by Crippen LogP contribution is -2.45. The molecule has 0 heterocycles. The standard InChI is InChI=1S/C10H11ClN2O3/c11-7-3-1-6(2-4-7)5-8(9(12)14)13-10(15)16/h1-4,8,13H,5H2,(H2,12,14)(H,15,16)/t8-/m0/s1. The summed E-state index contributed by atoms with van der Waals surface area (Å²) in [5.41, 5.74) is 5.85. The molecule has 1 aromatic rings. The van der Waals surface area contributed by atoms with Gasteiger partial charge < -0.3 is 16.2 Å². The van der Waals surface area contributed by atoms with Gasteiger partial charge in [-0.3, -0.25) is 4.79 Å². The molecule has 1 aromatic carbocycles. The first-order valence-corrected chi connectivity index (χ1v) is 4.90. The number of hydrogen-bond acceptors (Lipinski definition) is 2. The highest BCUT2D eigenvalue weighted by atomic mass is 35.5. The molecule has 2 amide bonds. The molecule has 1 atom stereocenters. The molecule has 0 aliphatic carbocycles. The molecule has 0 aromatic heterocycles. The van der Waals surface area contributed by atoms with Gasteiger partial charge in [0.25, 0.3) is 0 Å². The van der Waals surface area contributed by atoms with E-state index in [1.54, 1.807) is 24.3 Å². The summed E-state index contributed by atoms with van der Waals surface area (Å²) >= 11 is 5.69. The fourth-order valence-electron chi connectivity index (χ4n) is 1.23. The summed E-state index contributed by atoms with van der Waals surface area (Å²) in [5.74, 6) is -0.711. The van der Waals surface area contributed by atoms with Crippen molar-refractivity contribution in [1.29, 1.82) is 0 Å². The topological polar surface area (TPSA) is 92.4 Å². The Balaban J connectivity index is 2.71. The largest absolute Gasteiger partial charge is 0.465 e. The highest BCUT2D eigenvalue weighted by Gasteiger charge is 2.17. The second kappa shape index (κ2) is 5.37. The van der Waals surface area contributed by atoms with E-state index < -0.39 is 18.0 Å². The van der Waals surface area contributed by atoms with Gasteiger partial charge in [-0.1, -0.05) is 23.7 Å². The predicted octanol–water partition coefficient (Wildman–Crippen LogP) is 1.00. The van der Waals surface area contributed by atoms with Crippen molar-refractivity contribution < 1.29 is 14.7 Å². The lowest BCUT2D eigenvalue weighted by Gasteiger charge is -2.12. The van der Waals surface area contributed by atoms with Gasteiger partial charge in [0.05, 0.1) is 0 Å². The van der Waals surface area contributed by atoms with E-state index >= 15 is 0 Å². The smallest absolute Gasteiger partial charge is 0.405 e. The molecule has 0 aliphatic rings. The normalized spacial score (nSPS) is 11.8. The summed E-state index contributed by atoms with van der Waals surface area (Å²) in [7, 11) is 0. The maximum absolute atomic E-state index is 11.0. The van der Waals surface area contributed by atoms with Crippen LogP contribution < -0.4 is 11.1 Å². The van der Waals surface area contributed by atoms with Crippen LogP contribution in [0.3, 0.4) is 0 Å². The fraction of sp³-hybridized carbons (Fsp3) is 0.200. The molecule has 0 bridgehead atoms. The van der Waals surface area contributed by atoms with Crippen molar-refractivity contribution in [2.45, 2.75) is 12.5 Å². The van der Waals surface area contributed by atoms with Gasteiger partial charge in [0, 0.05) is 11.4 Å². The van der Waals surface area contributed by atoms with Crippen LogP contribution in [0.2, 0.25) is 5.02 Å². The molecule has 0 spiro atoms. The Bertz CT molecular complexity index is 392. The third-order valence-corrected chi connectivity index (χ3v) is 2.25. The zero-order chi connectivity index (χ0) is 12.1. The Kier molecular flexibility index (Phi) is 4.13. The molecule has 0 unspecified atom stereocenters. The summed E-state index contributed by atoms with van der Waals surface area (Å²) in [4.78, 5) is 21.4. The minimum Gasteiger partial charge on any atom is -0.465 e. The summed E-state index contributed by atoms with van der Waals surface area (Å²) in [6, 6.07) is 5.81. The third kappa shape index (κ3) is 3.78. The second-order valence-electron chi connectivity index (χ2n) is 3.24. The molecular weight excluding hydrogens is 232 g/mol. The monoisotopic (exact) mass is 242 g/mol. The molecule has 0 fully saturated rings. The fourth-order valence-corrected chi connectivity index (χ4v) is 1.35. The summed E-state index contributed by atoms with van der Waals surface area (Å²) in [6.45, 7) is 0. The highest BCUT2D eigenvalue weighted by Crippen LogP contribution is 2.11. The van der Waals surface area contributed by atoms with Crippen molar-refractivity contribution in [1.82, 2.24) is 5.32 Å². The second-order valence-corrected chi connectivity index (χ2v) is 3.67. The van der Waals surface area contributed by atoms with Crippen molar-refractivity contribution in [2.24, 2.45) is 5.73 Å². The van der Waals surface area contributed by atoms with E-state index in [1.807, 2.05) is 0 Å². The number of carbonyl (C=O) groups is 2. The number of nitrogens with one attached hydrogen (secondary N) is 1. The SMILES string of the molecule is NC(=O)[C@H](Cc1ccc(Cl)cc1)NC(=O)O. The number of halogens is 1. The van der Waals surface area contributed by atoms with E-state index in [4.69, 9.17) is 22.4 Å². The van der Waals surface area contributed by atoms with Gasteiger partial charge in [-0.15, -0.1) is 0 Å². The van der Waals surface area contributed by atoms with Gasteiger partial charge in [0.15, 0.2) is 0 Å². The van der Waals surface area contributed by atoms with Crippen LogP contribution in [-0.2, 0) is 11.2 Å². The van der Waals surface area contributed by atoms with Crippen LogP contribution >= 0.6 is 11.6 Å². The van der Waals surface area contributed by atoms with Crippen molar-refractivity contribution in [3.05, 3.63) is 34.9 Å². The number of carboxylic acid groups (broad SMARTS) is 1. The highest BCUT2D eigenvalue weighted by molar-refractivity contribution is 6.30. The zero-order valence-electron chi connectivity index (χ0n) is 8.31. The van der Waals surface area contributed by atoms with Gasteiger partial charge in [0.2, 0.25) is 5.91 Å². The van der Waals surface area contributed by atoms with Gasteiger partial charge >= 0.3 is 6.09 Å². The van der Waals surface area contributed by atoms with Crippen molar-refractivity contribution in [3.8, 4) is 0 Å². The van der Waals surface area contributed by atoms with Gasteiger partial charge in [-0.2, -0.15) is 0 Å². The molecule has 86 valence electrons. The van der Waals surface area contributed by atoms with Crippen LogP contribution in [-0.4, -0.2) is 23.1 Å². The average molecular weight is 243 g/mol. The van der Waals surface area contributed by atoms with Crippen LogP contribution in [0.1, 0.15) is 5.56 Å². The first-order valence-electron chi connectivity index (χ1n) is 4.52. The first-order chi connectivity index (χ1) is 7.49. The molecule has 0 saturated heterocycles. The Labute approximate surface area is 97.2 Å². The molecule has 6 heteroatoms. The van der Waals surface area contributed by atoms with Crippen LogP contribution in [0.5, 0.6) is 0 Å². The van der Waals surface area contributed by atoms with Crippen molar-refractivity contribution >= 4 is 23.6 Å². The quantitative estimate of drug-likeness (QED) is 0.736. The maximum atomic E-state index is 11.0. The van der Waals surface area contributed by atoms with Gasteiger partial charge in [0.1, 0.15) is 6.04 Å². The van der Waals surface area contributed by atoms with Crippen LogP contribution in [0.25, 0.3) is 0 Å². The van der Waals surface area contributed by atoms with E-state index in [2.05, 4.69) is 5.32 Å². The van der Waals surface area contributed by atoms with Crippen molar-refractivity contribution in [3.63, 3.8) is 0 Å². The Morgan fingerprint density at radius 2 is 1.94 bits per heavy atom. The lowest BCUT2D eigenvalue weighted by molar-refractivity contribution is -0.119. The lowest BCUT2D eigenvalue weighted by atomic mass is 10.1. The number of primary amides is 1. The molecule has 0 saturated carbocycles. The molecule has 1 rings (SSSR count). The number of nitrogens with two attached hydrogens (primary N) is 1. The Hall–Kier alpha value is -1.75. The summed E-state index contributed by atoms with van der Waals surface area (Å²) < 4.78 is 0. The number of carbonyl (C=O) groups excluding carboxylic acids is 1. The van der Waals surface area contributed by atoms with E-state index in [-0.39, 0.29) is 6.42 Å². The average Bonchev–Trinajstić information content (AvgIpc) is 2.19. The third-order valence-electron chi connectivity index (χ3n) is 1.99. The molecular formula is C10H11ClN2O3. The molecule has 4 N–H and O–H groups in total. The van der Waals surface area contributed by atoms with Crippen LogP contribution in [0.4, 0.5) is 4.79 Å².